The highest BCUT2D eigenvalue weighted by molar-refractivity contribution is 6.31. The Morgan fingerprint density at radius 3 is 2.62 bits per heavy atom. The van der Waals surface area contributed by atoms with Gasteiger partial charge >= 0.3 is 0 Å². The van der Waals surface area contributed by atoms with Gasteiger partial charge in [-0.05, 0) is 42.8 Å². The largest absolute Gasteiger partial charge is 0.495 e. The number of fused-ring (bicyclic) bond motifs is 1. The highest BCUT2D eigenvalue weighted by Gasteiger charge is 2.23. The predicted molar refractivity (Wildman–Crippen MR) is 152 cm³/mol. The molecule has 2 aromatic carbocycles. The number of anilines is 1. The summed E-state index contributed by atoms with van der Waals surface area (Å²) in [5.74, 6) is 0.000464. The first-order valence-electron chi connectivity index (χ1n) is 12.4. The first-order valence-corrected chi connectivity index (χ1v) is 13.1. The zero-order valence-corrected chi connectivity index (χ0v) is 23.1. The highest BCUT2D eigenvalue weighted by Crippen LogP contribution is 2.35. The van der Waals surface area contributed by atoms with Crippen LogP contribution in [0.2, 0.25) is 10.2 Å². The van der Waals surface area contributed by atoms with E-state index in [-0.39, 0.29) is 17.7 Å². The maximum Gasteiger partial charge on any atom is 0.252 e. The number of ether oxygens (including phenoxy) is 1. The molecule has 0 saturated carbocycles. The van der Waals surface area contributed by atoms with E-state index in [0.29, 0.717) is 46.2 Å². The zero-order valence-electron chi connectivity index (χ0n) is 21.6. The third-order valence-corrected chi connectivity index (χ3v) is 6.81. The molecule has 2 N–H and O–H groups in total. The van der Waals surface area contributed by atoms with Crippen molar-refractivity contribution in [1.29, 1.82) is 0 Å². The molecule has 0 fully saturated rings. The fourth-order valence-electron chi connectivity index (χ4n) is 4.54. The molecule has 1 atom stereocenters. The maximum absolute atomic E-state index is 13.4. The predicted octanol–water partition coefficient (Wildman–Crippen LogP) is 4.34. The van der Waals surface area contributed by atoms with Crippen molar-refractivity contribution >= 4 is 45.7 Å². The molecule has 0 aliphatic rings. The third-order valence-electron chi connectivity index (χ3n) is 6.40. The summed E-state index contributed by atoms with van der Waals surface area (Å²) in [6.45, 7) is 2.17. The van der Waals surface area contributed by atoms with Gasteiger partial charge in [0.05, 0.1) is 43.9 Å². The normalized spacial score (nSPS) is 12.0. The lowest BCUT2D eigenvalue weighted by Crippen LogP contribution is -2.32. The summed E-state index contributed by atoms with van der Waals surface area (Å²) in [6.07, 6.45) is 5.20. The van der Waals surface area contributed by atoms with Crippen LogP contribution in [0.15, 0.2) is 65.8 Å². The van der Waals surface area contributed by atoms with Crippen molar-refractivity contribution in [3.8, 4) is 22.6 Å². The van der Waals surface area contributed by atoms with Crippen molar-refractivity contribution in [1.82, 2.24) is 29.3 Å². The molecule has 5 aromatic rings. The van der Waals surface area contributed by atoms with Crippen LogP contribution in [-0.4, -0.2) is 54.1 Å². The SMILES string of the molecule is CCC(C(=O)Nc1ccc2nn(CCO)cc2c1)n1cc(OC)c(-c2cc(Cl)ccc2-n2cc(Cl)nn2)cc1=O. The lowest BCUT2D eigenvalue weighted by atomic mass is 10.0. The Bertz CT molecular complexity index is 1760. The van der Waals surface area contributed by atoms with Gasteiger partial charge in [0.2, 0.25) is 5.91 Å². The van der Waals surface area contributed by atoms with Crippen molar-refractivity contribution in [3.63, 3.8) is 0 Å². The standard InChI is InChI=1S/C27H25Cl2N7O4/c1-3-22(27(39)30-18-5-6-21-16(10-18)13-34(32-21)8-9-37)35-14-24(40-2)20(12-26(35)38)19-11-17(28)4-7-23(19)36-15-25(29)31-33-36/h4-7,10-15,22,37H,3,8-9H2,1-2H3,(H,30,39). The summed E-state index contributed by atoms with van der Waals surface area (Å²) < 4.78 is 10.1. The molecule has 11 nitrogen and oxygen atoms in total. The molecule has 0 aliphatic heterocycles. The minimum atomic E-state index is -0.809. The minimum Gasteiger partial charge on any atom is -0.495 e. The van der Waals surface area contributed by atoms with Crippen LogP contribution >= 0.6 is 23.2 Å². The van der Waals surface area contributed by atoms with Crippen LogP contribution in [0.3, 0.4) is 0 Å². The summed E-state index contributed by atoms with van der Waals surface area (Å²) in [7, 11) is 1.48. The molecule has 206 valence electrons. The summed E-state index contributed by atoms with van der Waals surface area (Å²) >= 11 is 12.3. The van der Waals surface area contributed by atoms with E-state index >= 15 is 0 Å². The van der Waals surface area contributed by atoms with Gasteiger partial charge in [0.25, 0.3) is 5.56 Å². The van der Waals surface area contributed by atoms with E-state index in [9.17, 15) is 9.59 Å². The molecule has 0 bridgehead atoms. The van der Waals surface area contributed by atoms with E-state index in [4.69, 9.17) is 33.0 Å². The zero-order chi connectivity index (χ0) is 28.4. The Balaban J connectivity index is 1.49. The van der Waals surface area contributed by atoms with Gasteiger partial charge in [0.1, 0.15) is 11.8 Å². The van der Waals surface area contributed by atoms with Gasteiger partial charge in [-0.25, -0.2) is 4.68 Å². The average molecular weight is 582 g/mol. The van der Waals surface area contributed by atoms with Gasteiger partial charge in [0, 0.05) is 39.5 Å². The van der Waals surface area contributed by atoms with E-state index in [1.807, 2.05) is 6.92 Å². The smallest absolute Gasteiger partial charge is 0.252 e. The van der Waals surface area contributed by atoms with Gasteiger partial charge in [-0.15, -0.1) is 5.10 Å². The molecule has 0 saturated heterocycles. The molecule has 13 heteroatoms. The number of amides is 1. The molecule has 3 aromatic heterocycles. The number of hydrogen-bond acceptors (Lipinski definition) is 7. The number of benzene rings is 2. The van der Waals surface area contributed by atoms with Crippen LogP contribution in [0.5, 0.6) is 5.75 Å². The molecular weight excluding hydrogens is 557 g/mol. The van der Waals surface area contributed by atoms with Crippen molar-refractivity contribution < 1.29 is 14.6 Å². The van der Waals surface area contributed by atoms with Crippen LogP contribution in [0.4, 0.5) is 5.69 Å². The maximum atomic E-state index is 13.4. The quantitative estimate of drug-likeness (QED) is 0.265. The summed E-state index contributed by atoms with van der Waals surface area (Å²) in [5, 5.41) is 25.8. The van der Waals surface area contributed by atoms with Gasteiger partial charge < -0.3 is 15.2 Å². The first-order chi connectivity index (χ1) is 19.3. The number of carbonyl (C=O) groups is 1. The molecule has 1 amide bonds. The number of aliphatic hydroxyl groups is 1. The van der Waals surface area contributed by atoms with E-state index in [2.05, 4.69) is 20.7 Å². The van der Waals surface area contributed by atoms with E-state index < -0.39 is 11.6 Å². The number of carbonyl (C=O) groups excluding carboxylic acids is 1. The second-order valence-corrected chi connectivity index (χ2v) is 9.77. The fraction of sp³-hybridized carbons (Fsp3) is 0.222. The number of nitrogens with zero attached hydrogens (tertiary/aromatic N) is 6. The highest BCUT2D eigenvalue weighted by atomic mass is 35.5. The number of aliphatic hydroxyl groups excluding tert-OH is 1. The van der Waals surface area contributed by atoms with Crippen LogP contribution in [0.1, 0.15) is 19.4 Å². The summed E-state index contributed by atoms with van der Waals surface area (Å²) in [6, 6.07) is 11.0. The first kappa shape index (κ1) is 27.4. The topological polar surface area (TPSA) is 129 Å². The monoisotopic (exact) mass is 581 g/mol. The van der Waals surface area contributed by atoms with Gasteiger partial charge in [-0.3, -0.25) is 18.8 Å². The minimum absolute atomic E-state index is 0.0276. The van der Waals surface area contributed by atoms with E-state index in [1.54, 1.807) is 47.3 Å². The van der Waals surface area contributed by atoms with E-state index in [1.165, 1.54) is 34.8 Å². The fourth-order valence-corrected chi connectivity index (χ4v) is 4.83. The Morgan fingerprint density at radius 1 is 1.10 bits per heavy atom. The third kappa shape index (κ3) is 5.44. The van der Waals surface area contributed by atoms with Gasteiger partial charge in [-0.2, -0.15) is 5.10 Å². The van der Waals surface area contributed by atoms with Crippen LogP contribution in [0, 0.1) is 0 Å². The molecule has 0 aliphatic carbocycles. The number of pyridine rings is 1. The number of aromatic nitrogens is 6. The Kier molecular flexibility index (Phi) is 7.88. The van der Waals surface area contributed by atoms with Crippen LogP contribution in [-0.2, 0) is 11.3 Å². The number of rotatable bonds is 9. The van der Waals surface area contributed by atoms with E-state index in [0.717, 1.165) is 10.9 Å². The molecule has 3 heterocycles. The number of nitrogens with one attached hydrogen (secondary N) is 1. The van der Waals surface area contributed by atoms with Crippen LogP contribution in [0.25, 0.3) is 27.7 Å². The Labute approximate surface area is 238 Å². The number of methoxy groups -OCH3 is 1. The molecule has 40 heavy (non-hydrogen) atoms. The molecule has 5 rings (SSSR count). The van der Waals surface area contributed by atoms with Crippen LogP contribution < -0.4 is 15.6 Å². The van der Waals surface area contributed by atoms with Gasteiger partial charge in [0.15, 0.2) is 5.15 Å². The second kappa shape index (κ2) is 11.5. The summed E-state index contributed by atoms with van der Waals surface area (Å²) in [5.41, 5.74) is 2.52. The number of halogens is 2. The summed E-state index contributed by atoms with van der Waals surface area (Å²) in [4.78, 5) is 26.8. The number of hydrogen-bond donors (Lipinski definition) is 2. The molecule has 1 unspecified atom stereocenters. The Morgan fingerprint density at radius 2 is 1.93 bits per heavy atom. The lowest BCUT2D eigenvalue weighted by molar-refractivity contribution is -0.119. The van der Waals surface area contributed by atoms with Gasteiger partial charge in [-0.1, -0.05) is 35.3 Å². The average Bonchev–Trinajstić information content (AvgIpc) is 3.55. The molecule has 0 spiro atoms. The lowest BCUT2D eigenvalue weighted by Gasteiger charge is -2.20. The van der Waals surface area contributed by atoms with Crippen molar-refractivity contribution in [2.24, 2.45) is 0 Å². The molecule has 0 radical (unpaired) electrons. The van der Waals surface area contributed by atoms with Crippen molar-refractivity contribution in [2.75, 3.05) is 19.0 Å². The van der Waals surface area contributed by atoms with Crippen molar-refractivity contribution in [3.05, 3.63) is 81.6 Å². The van der Waals surface area contributed by atoms with Crippen molar-refractivity contribution in [2.45, 2.75) is 25.9 Å². The Hall–Kier alpha value is -4.19. The molecular formula is C27H25Cl2N7O4. The second-order valence-electron chi connectivity index (χ2n) is 8.95.